The van der Waals surface area contributed by atoms with Crippen molar-refractivity contribution in [2.75, 3.05) is 40.9 Å². The van der Waals surface area contributed by atoms with Crippen LogP contribution in [0.4, 0.5) is 0 Å². The Morgan fingerprint density at radius 3 is 0.976 bits per heavy atom. The number of ether oxygens (including phenoxy) is 1. The summed E-state index contributed by atoms with van der Waals surface area (Å²) in [6.45, 7) is 6.93. The van der Waals surface area contributed by atoms with Crippen LogP contribution in [0.3, 0.4) is 0 Å². The van der Waals surface area contributed by atoms with Crippen molar-refractivity contribution in [3.63, 3.8) is 0 Å². The molecular formula is C74H147N2O7P. The molecule has 500 valence electrons. The van der Waals surface area contributed by atoms with E-state index in [0.29, 0.717) is 17.4 Å². The molecule has 0 saturated heterocycles. The van der Waals surface area contributed by atoms with E-state index in [2.05, 4.69) is 26.1 Å². The lowest BCUT2D eigenvalue weighted by Gasteiger charge is -2.30. The molecule has 0 heterocycles. The minimum atomic E-state index is -4.70. The Hall–Kier alpha value is -1.25. The predicted octanol–water partition coefficient (Wildman–Crippen LogP) is 23.2. The van der Waals surface area contributed by atoms with Gasteiger partial charge in [0, 0.05) is 12.8 Å². The molecule has 0 saturated carbocycles. The molecule has 3 unspecified atom stereocenters. The van der Waals surface area contributed by atoms with Crippen LogP contribution >= 0.6 is 7.82 Å². The maximum atomic E-state index is 13.6. The molecule has 1 N–H and O–H groups in total. The van der Waals surface area contributed by atoms with Gasteiger partial charge in [-0.1, -0.05) is 367 Å². The summed E-state index contributed by atoms with van der Waals surface area (Å²) in [6.07, 6.45) is 77.8. The third-order valence-corrected chi connectivity index (χ3v) is 18.4. The molecule has 1 amide bonds. The Kier molecular flexibility index (Phi) is 63.8. The second-order valence-electron chi connectivity index (χ2n) is 27.2. The lowest BCUT2D eigenvalue weighted by atomic mass is 10.0. The summed E-state index contributed by atoms with van der Waals surface area (Å²) in [4.78, 5) is 40.2. The number of carbonyl (C=O) groups is 2. The summed E-state index contributed by atoms with van der Waals surface area (Å²) in [5.74, 6) is -0.511. The van der Waals surface area contributed by atoms with E-state index in [4.69, 9.17) is 13.8 Å². The van der Waals surface area contributed by atoms with E-state index >= 15 is 0 Å². The average Bonchev–Trinajstić information content (AvgIpc) is 3.65. The number of phosphoric ester groups is 1. The Labute approximate surface area is 524 Å². The third-order valence-electron chi connectivity index (χ3n) is 17.5. The van der Waals surface area contributed by atoms with Crippen LogP contribution in [0, 0.1) is 0 Å². The molecule has 9 nitrogen and oxygen atoms in total. The van der Waals surface area contributed by atoms with Gasteiger partial charge >= 0.3 is 5.97 Å². The number of unbranched alkanes of at least 4 members (excludes halogenated alkanes) is 54. The van der Waals surface area contributed by atoms with Gasteiger partial charge in [0.05, 0.1) is 33.8 Å². The summed E-state index contributed by atoms with van der Waals surface area (Å²) in [5, 5.41) is 3.06. The number of hydrogen-bond donors (Lipinski definition) is 1. The van der Waals surface area contributed by atoms with E-state index in [1.165, 1.54) is 308 Å². The van der Waals surface area contributed by atoms with Crippen molar-refractivity contribution in [3.05, 3.63) is 12.2 Å². The van der Waals surface area contributed by atoms with E-state index in [1.807, 2.05) is 33.3 Å². The minimum Gasteiger partial charge on any atom is -0.756 e. The largest absolute Gasteiger partial charge is 0.756 e. The lowest BCUT2D eigenvalue weighted by Crippen LogP contribution is -2.47. The third kappa shape index (κ3) is 65.2. The SMILES string of the molecule is CCCCCCCCCCCC/C=C/C(OC(=O)CCCCCCCCCCCCCCCCCCCCCCC)C(COP(=O)([O-])OCC[N+](C)(C)C)NC(=O)CCCCCCCCCCCCCCCCCCCCCCCCCCC. The van der Waals surface area contributed by atoms with Crippen LogP contribution in [0.25, 0.3) is 0 Å². The number of rotatable bonds is 70. The first kappa shape index (κ1) is 82.8. The minimum absolute atomic E-state index is 0.0163. The molecule has 0 aromatic rings. The van der Waals surface area contributed by atoms with E-state index in [9.17, 15) is 19.0 Å². The highest BCUT2D eigenvalue weighted by Gasteiger charge is 2.27. The number of likely N-dealkylation sites (N-methyl/N-ethyl adjacent to an activating group) is 1. The topological polar surface area (TPSA) is 114 Å². The number of phosphoric acid groups is 1. The molecule has 10 heteroatoms. The van der Waals surface area contributed by atoms with Gasteiger partial charge in [0.15, 0.2) is 0 Å². The molecule has 0 aliphatic carbocycles. The summed E-state index contributed by atoms with van der Waals surface area (Å²) in [6, 6.07) is -0.881. The molecule has 0 fully saturated rings. The smallest absolute Gasteiger partial charge is 0.306 e. The highest BCUT2D eigenvalue weighted by atomic mass is 31.2. The van der Waals surface area contributed by atoms with Crippen LogP contribution in [0.2, 0.25) is 0 Å². The van der Waals surface area contributed by atoms with Crippen LogP contribution in [0.5, 0.6) is 0 Å². The van der Waals surface area contributed by atoms with Crippen molar-refractivity contribution in [1.29, 1.82) is 0 Å². The van der Waals surface area contributed by atoms with Gasteiger partial charge in [0.2, 0.25) is 5.91 Å². The van der Waals surface area contributed by atoms with E-state index in [1.54, 1.807) is 0 Å². The van der Waals surface area contributed by atoms with E-state index in [-0.39, 0.29) is 31.5 Å². The van der Waals surface area contributed by atoms with Crippen molar-refractivity contribution in [2.24, 2.45) is 0 Å². The zero-order chi connectivity index (χ0) is 61.4. The highest BCUT2D eigenvalue weighted by Crippen LogP contribution is 2.38. The van der Waals surface area contributed by atoms with Crippen LogP contribution in [-0.2, 0) is 27.9 Å². The van der Waals surface area contributed by atoms with Crippen molar-refractivity contribution >= 4 is 19.7 Å². The van der Waals surface area contributed by atoms with Gasteiger partial charge < -0.3 is 28.5 Å². The molecule has 0 spiro atoms. The maximum absolute atomic E-state index is 13.6. The number of amides is 1. The zero-order valence-electron chi connectivity index (χ0n) is 57.4. The number of hydrogen-bond acceptors (Lipinski definition) is 7. The first-order valence-corrected chi connectivity index (χ1v) is 39.0. The first-order valence-electron chi connectivity index (χ1n) is 37.5. The summed E-state index contributed by atoms with van der Waals surface area (Å²) in [5.41, 5.74) is 0. The molecular weight excluding hydrogens is 1060 g/mol. The standard InChI is InChI=1S/C74H147N2O7P/c1-7-10-13-16-19-22-25-28-30-32-34-36-37-38-39-41-42-44-46-48-51-54-57-60-63-66-73(77)75-71(70-82-84(79,80)81-69-68-76(4,5)6)72(65-62-59-56-53-50-27-24-21-18-15-12-9-3)83-74(78)67-64-61-58-55-52-49-47-45-43-40-35-33-31-29-26-23-20-17-14-11-8-2/h62,65,71-72H,7-61,63-64,66-70H2,1-6H3,(H-,75,77,79,80)/b65-62+. The van der Waals surface area contributed by atoms with Crippen molar-refractivity contribution in [1.82, 2.24) is 5.32 Å². The Morgan fingerprint density at radius 2 is 0.679 bits per heavy atom. The van der Waals surface area contributed by atoms with Gasteiger partial charge in [0.25, 0.3) is 7.82 Å². The zero-order valence-corrected chi connectivity index (χ0v) is 58.3. The molecule has 0 aromatic heterocycles. The Morgan fingerprint density at radius 1 is 0.405 bits per heavy atom. The molecule has 84 heavy (non-hydrogen) atoms. The number of esters is 1. The number of allylic oxidation sites excluding steroid dienone is 1. The quantitative estimate of drug-likeness (QED) is 0.0212. The van der Waals surface area contributed by atoms with Crippen LogP contribution in [-0.4, -0.2) is 69.4 Å². The molecule has 0 aliphatic rings. The van der Waals surface area contributed by atoms with Gasteiger partial charge in [-0.3, -0.25) is 14.2 Å². The fourth-order valence-electron chi connectivity index (χ4n) is 11.7. The molecule has 0 aromatic carbocycles. The van der Waals surface area contributed by atoms with Gasteiger partial charge in [0.1, 0.15) is 19.3 Å². The first-order chi connectivity index (χ1) is 40.9. The summed E-state index contributed by atoms with van der Waals surface area (Å²) in [7, 11) is 1.21. The highest BCUT2D eigenvalue weighted by molar-refractivity contribution is 7.45. The summed E-state index contributed by atoms with van der Waals surface area (Å²) < 4.78 is 30.5. The number of nitrogens with zero attached hydrogens (tertiary/aromatic N) is 1. The second kappa shape index (κ2) is 64.7. The van der Waals surface area contributed by atoms with Gasteiger partial charge in [-0.2, -0.15) is 0 Å². The fraction of sp³-hybridized carbons (Fsp3) is 0.946. The van der Waals surface area contributed by atoms with E-state index < -0.39 is 20.0 Å². The number of nitrogens with one attached hydrogen (secondary N) is 1. The van der Waals surface area contributed by atoms with Gasteiger partial charge in [-0.15, -0.1) is 0 Å². The molecule has 0 bridgehead atoms. The Balaban J connectivity index is 4.95. The normalized spacial score (nSPS) is 13.5. The summed E-state index contributed by atoms with van der Waals surface area (Å²) >= 11 is 0. The molecule has 3 atom stereocenters. The van der Waals surface area contributed by atoms with Gasteiger partial charge in [-0.25, -0.2) is 0 Å². The molecule has 0 radical (unpaired) electrons. The molecule has 0 rings (SSSR count). The van der Waals surface area contributed by atoms with Crippen LogP contribution in [0.15, 0.2) is 12.2 Å². The van der Waals surface area contributed by atoms with E-state index in [0.717, 1.165) is 57.8 Å². The van der Waals surface area contributed by atoms with Crippen molar-refractivity contribution < 1.29 is 37.3 Å². The monoisotopic (exact) mass is 1210 g/mol. The Bertz CT molecular complexity index is 1440. The van der Waals surface area contributed by atoms with Crippen LogP contribution in [0.1, 0.15) is 400 Å². The predicted molar refractivity (Wildman–Crippen MR) is 363 cm³/mol. The average molecular weight is 1210 g/mol. The fourth-order valence-corrected chi connectivity index (χ4v) is 12.4. The maximum Gasteiger partial charge on any atom is 0.306 e. The second-order valence-corrected chi connectivity index (χ2v) is 28.6. The molecule has 0 aliphatic heterocycles. The van der Waals surface area contributed by atoms with Gasteiger partial charge in [-0.05, 0) is 31.8 Å². The van der Waals surface area contributed by atoms with Crippen LogP contribution < -0.4 is 10.2 Å². The number of carbonyl (C=O) groups excluding carboxylic acids is 2. The van der Waals surface area contributed by atoms with Crippen molar-refractivity contribution in [3.8, 4) is 0 Å². The lowest BCUT2D eigenvalue weighted by molar-refractivity contribution is -0.870. The van der Waals surface area contributed by atoms with Crippen molar-refractivity contribution in [2.45, 2.75) is 412 Å². The number of quaternary nitrogens is 1.